The van der Waals surface area contributed by atoms with Crippen LogP contribution in [0.25, 0.3) is 0 Å². The molecule has 0 aliphatic carbocycles. The van der Waals surface area contributed by atoms with Gasteiger partial charge in [-0.1, -0.05) is 13.8 Å². The number of likely N-dealkylation sites (N-methyl/N-ethyl adjacent to an activating group) is 1. The smallest absolute Gasteiger partial charge is 0.185 e. The highest BCUT2D eigenvalue weighted by molar-refractivity contribution is 7.15. The zero-order valence-electron chi connectivity index (χ0n) is 10.9. The average Bonchev–Trinajstić information content (AvgIpc) is 2.76. The third kappa shape index (κ3) is 3.66. The molecule has 2 heterocycles. The summed E-state index contributed by atoms with van der Waals surface area (Å²) in [6.07, 6.45) is 2.01. The van der Waals surface area contributed by atoms with Crippen molar-refractivity contribution in [2.45, 2.75) is 26.4 Å². The molecule has 1 aliphatic heterocycles. The Bertz CT molecular complexity index is 342. The van der Waals surface area contributed by atoms with E-state index in [1.165, 1.54) is 10.0 Å². The van der Waals surface area contributed by atoms with Crippen molar-refractivity contribution in [1.29, 1.82) is 0 Å². The molecule has 1 aromatic heterocycles. The largest absolute Gasteiger partial charge is 0.346 e. The Kier molecular flexibility index (Phi) is 4.36. The summed E-state index contributed by atoms with van der Waals surface area (Å²) in [4.78, 5) is 10.6. The van der Waals surface area contributed by atoms with Gasteiger partial charge in [-0.2, -0.15) is 0 Å². The van der Waals surface area contributed by atoms with Gasteiger partial charge in [0.05, 0.1) is 0 Å². The molecular weight excluding hydrogens is 232 g/mol. The number of rotatable bonds is 4. The summed E-state index contributed by atoms with van der Waals surface area (Å²) in [5.74, 6) is 0. The zero-order valence-corrected chi connectivity index (χ0v) is 11.8. The predicted molar refractivity (Wildman–Crippen MR) is 73.8 cm³/mol. The second-order valence-electron chi connectivity index (χ2n) is 4.94. The molecule has 0 bridgehead atoms. The second kappa shape index (κ2) is 5.80. The highest BCUT2D eigenvalue weighted by Gasteiger charge is 2.16. The summed E-state index contributed by atoms with van der Waals surface area (Å²) in [7, 11) is 2.18. The highest BCUT2D eigenvalue weighted by atomic mass is 32.1. The maximum atomic E-state index is 4.53. The van der Waals surface area contributed by atoms with E-state index in [0.717, 1.165) is 32.7 Å². The molecule has 5 heteroatoms. The van der Waals surface area contributed by atoms with E-state index in [1.807, 2.05) is 17.5 Å². The number of hydrogen-bond acceptors (Lipinski definition) is 5. The van der Waals surface area contributed by atoms with Gasteiger partial charge in [0.25, 0.3) is 0 Å². The molecule has 1 N–H and O–H groups in total. The van der Waals surface area contributed by atoms with Crippen LogP contribution in [-0.4, -0.2) is 49.2 Å². The van der Waals surface area contributed by atoms with Gasteiger partial charge in [0.15, 0.2) is 5.13 Å². The molecule has 17 heavy (non-hydrogen) atoms. The lowest BCUT2D eigenvalue weighted by atomic mass is 10.3. The number of nitrogens with zero attached hydrogens (tertiary/aromatic N) is 3. The van der Waals surface area contributed by atoms with Gasteiger partial charge in [0, 0.05) is 49.8 Å². The van der Waals surface area contributed by atoms with E-state index in [2.05, 4.69) is 41.0 Å². The van der Waals surface area contributed by atoms with Crippen LogP contribution in [0, 0.1) is 0 Å². The summed E-state index contributed by atoms with van der Waals surface area (Å²) in [5, 5.41) is 4.61. The van der Waals surface area contributed by atoms with Gasteiger partial charge in [-0.3, -0.25) is 0 Å². The second-order valence-corrected chi connectivity index (χ2v) is 6.03. The van der Waals surface area contributed by atoms with Gasteiger partial charge in [-0.25, -0.2) is 4.98 Å². The van der Waals surface area contributed by atoms with Crippen molar-refractivity contribution in [1.82, 2.24) is 15.2 Å². The zero-order chi connectivity index (χ0) is 12.3. The monoisotopic (exact) mass is 254 g/mol. The van der Waals surface area contributed by atoms with Gasteiger partial charge in [0.1, 0.15) is 0 Å². The van der Waals surface area contributed by atoms with Gasteiger partial charge < -0.3 is 15.1 Å². The minimum atomic E-state index is 0.532. The van der Waals surface area contributed by atoms with Crippen molar-refractivity contribution >= 4 is 16.5 Å². The number of hydrogen-bond donors (Lipinski definition) is 1. The van der Waals surface area contributed by atoms with Crippen LogP contribution in [0.5, 0.6) is 0 Å². The third-order valence-corrected chi connectivity index (χ3v) is 4.06. The topological polar surface area (TPSA) is 31.4 Å². The standard InChI is InChI=1S/C12H22N4S/c1-10(2)13-8-11-9-14-12(17-11)16-6-4-15(3)5-7-16/h9-10,13H,4-8H2,1-3H3. The summed E-state index contributed by atoms with van der Waals surface area (Å²) in [5.41, 5.74) is 0. The fourth-order valence-electron chi connectivity index (χ4n) is 1.83. The van der Waals surface area contributed by atoms with Crippen LogP contribution in [0.4, 0.5) is 5.13 Å². The van der Waals surface area contributed by atoms with Crippen LogP contribution in [0.3, 0.4) is 0 Å². The van der Waals surface area contributed by atoms with Gasteiger partial charge >= 0.3 is 0 Å². The molecule has 1 saturated heterocycles. The molecule has 1 aromatic rings. The van der Waals surface area contributed by atoms with Gasteiger partial charge in [0.2, 0.25) is 0 Å². The first-order valence-electron chi connectivity index (χ1n) is 6.26. The Balaban J connectivity index is 1.89. The van der Waals surface area contributed by atoms with Crippen molar-refractivity contribution in [2.24, 2.45) is 0 Å². The van der Waals surface area contributed by atoms with Crippen molar-refractivity contribution in [3.63, 3.8) is 0 Å². The van der Waals surface area contributed by atoms with Crippen LogP contribution >= 0.6 is 11.3 Å². The van der Waals surface area contributed by atoms with Crippen LogP contribution in [-0.2, 0) is 6.54 Å². The highest BCUT2D eigenvalue weighted by Crippen LogP contribution is 2.23. The lowest BCUT2D eigenvalue weighted by molar-refractivity contribution is 0.313. The lowest BCUT2D eigenvalue weighted by Gasteiger charge is -2.32. The number of piperazine rings is 1. The van der Waals surface area contributed by atoms with E-state index in [0.29, 0.717) is 6.04 Å². The van der Waals surface area contributed by atoms with E-state index >= 15 is 0 Å². The molecule has 1 fully saturated rings. The SMILES string of the molecule is CC(C)NCc1cnc(N2CCN(C)CC2)s1. The normalized spacial score (nSPS) is 18.0. The summed E-state index contributed by atoms with van der Waals surface area (Å²) >= 11 is 1.82. The Morgan fingerprint density at radius 2 is 2.06 bits per heavy atom. The molecule has 4 nitrogen and oxygen atoms in total. The maximum Gasteiger partial charge on any atom is 0.185 e. The third-order valence-electron chi connectivity index (χ3n) is 3.00. The average molecular weight is 254 g/mol. The summed E-state index contributed by atoms with van der Waals surface area (Å²) in [6.45, 7) is 9.74. The van der Waals surface area contributed by atoms with Crippen molar-refractivity contribution < 1.29 is 0 Å². The minimum absolute atomic E-state index is 0.532. The van der Waals surface area contributed by atoms with Crippen molar-refractivity contribution in [2.75, 3.05) is 38.1 Å². The molecule has 2 rings (SSSR count). The molecule has 0 atom stereocenters. The van der Waals surface area contributed by atoms with Crippen LogP contribution in [0.1, 0.15) is 18.7 Å². The number of nitrogens with one attached hydrogen (secondary N) is 1. The molecule has 0 spiro atoms. The maximum absolute atomic E-state index is 4.53. The minimum Gasteiger partial charge on any atom is -0.346 e. The van der Waals surface area contributed by atoms with Crippen LogP contribution in [0.15, 0.2) is 6.20 Å². The Morgan fingerprint density at radius 1 is 1.35 bits per heavy atom. The van der Waals surface area contributed by atoms with Gasteiger partial charge in [-0.15, -0.1) is 11.3 Å². The molecule has 0 saturated carbocycles. The van der Waals surface area contributed by atoms with E-state index < -0.39 is 0 Å². The Morgan fingerprint density at radius 3 is 2.71 bits per heavy atom. The Hall–Kier alpha value is -0.650. The molecule has 0 unspecified atom stereocenters. The van der Waals surface area contributed by atoms with E-state index in [-0.39, 0.29) is 0 Å². The summed E-state index contributed by atoms with van der Waals surface area (Å²) in [6, 6.07) is 0.532. The molecule has 1 aliphatic rings. The lowest BCUT2D eigenvalue weighted by Crippen LogP contribution is -2.44. The van der Waals surface area contributed by atoms with Crippen LogP contribution < -0.4 is 10.2 Å². The molecule has 0 aromatic carbocycles. The fourth-order valence-corrected chi connectivity index (χ4v) is 2.74. The molecule has 96 valence electrons. The number of aromatic nitrogens is 1. The van der Waals surface area contributed by atoms with E-state index in [1.54, 1.807) is 0 Å². The fraction of sp³-hybridized carbons (Fsp3) is 0.750. The van der Waals surface area contributed by atoms with E-state index in [4.69, 9.17) is 0 Å². The van der Waals surface area contributed by atoms with Crippen LogP contribution in [0.2, 0.25) is 0 Å². The first-order chi connectivity index (χ1) is 8.15. The van der Waals surface area contributed by atoms with E-state index in [9.17, 15) is 0 Å². The molecule has 0 radical (unpaired) electrons. The molecule has 0 amide bonds. The number of anilines is 1. The quantitative estimate of drug-likeness (QED) is 0.880. The Labute approximate surface area is 108 Å². The van der Waals surface area contributed by atoms with Gasteiger partial charge in [-0.05, 0) is 7.05 Å². The summed E-state index contributed by atoms with van der Waals surface area (Å²) < 4.78 is 0. The van der Waals surface area contributed by atoms with Crippen molar-refractivity contribution in [3.8, 4) is 0 Å². The molecular formula is C12H22N4S. The number of thiazole rings is 1. The first-order valence-corrected chi connectivity index (χ1v) is 7.08. The predicted octanol–water partition coefficient (Wildman–Crippen LogP) is 1.39. The first kappa shape index (κ1) is 12.8. The van der Waals surface area contributed by atoms with Crippen molar-refractivity contribution in [3.05, 3.63) is 11.1 Å².